The highest BCUT2D eigenvalue weighted by molar-refractivity contribution is 9.10. The third kappa shape index (κ3) is 2.90. The lowest BCUT2D eigenvalue weighted by Gasteiger charge is -2.09. The molecule has 2 rings (SSSR count). The average Bonchev–Trinajstić information content (AvgIpc) is 2.38. The lowest BCUT2D eigenvalue weighted by molar-refractivity contribution is 0.624. The maximum atomic E-state index is 13.5. The van der Waals surface area contributed by atoms with Crippen LogP contribution in [0.3, 0.4) is 0 Å². The average molecular weight is 316 g/mol. The molecular formula is C14H7BrFN3. The molecule has 0 amide bonds. The highest BCUT2D eigenvalue weighted by atomic mass is 79.9. The summed E-state index contributed by atoms with van der Waals surface area (Å²) in [6.07, 6.45) is 0. The molecule has 92 valence electrons. The van der Waals surface area contributed by atoms with Crippen molar-refractivity contribution >= 4 is 27.3 Å². The van der Waals surface area contributed by atoms with Gasteiger partial charge in [-0.2, -0.15) is 10.5 Å². The molecule has 0 atom stereocenters. The van der Waals surface area contributed by atoms with Crippen LogP contribution in [-0.4, -0.2) is 0 Å². The summed E-state index contributed by atoms with van der Waals surface area (Å²) in [5.41, 5.74) is 1.38. The fraction of sp³-hybridized carbons (Fsp3) is 0. The predicted octanol–water partition coefficient (Wildman–Crippen LogP) is 4.08. The van der Waals surface area contributed by atoms with Gasteiger partial charge in [-0.05, 0) is 30.3 Å². The summed E-state index contributed by atoms with van der Waals surface area (Å²) in [5, 5.41) is 20.8. The summed E-state index contributed by atoms with van der Waals surface area (Å²) in [6, 6.07) is 13.2. The van der Waals surface area contributed by atoms with Crippen LogP contribution in [0.1, 0.15) is 11.1 Å². The monoisotopic (exact) mass is 315 g/mol. The first kappa shape index (κ1) is 13.1. The zero-order valence-corrected chi connectivity index (χ0v) is 11.2. The zero-order valence-electron chi connectivity index (χ0n) is 9.61. The molecule has 2 aromatic rings. The van der Waals surface area contributed by atoms with Crippen molar-refractivity contribution in [1.82, 2.24) is 0 Å². The molecule has 0 aliphatic carbocycles. The normalized spacial score (nSPS) is 9.47. The third-order valence-corrected chi connectivity index (χ3v) is 2.89. The van der Waals surface area contributed by atoms with Gasteiger partial charge in [0.2, 0.25) is 0 Å². The van der Waals surface area contributed by atoms with Crippen molar-refractivity contribution in [3.63, 3.8) is 0 Å². The molecule has 0 saturated carbocycles. The van der Waals surface area contributed by atoms with Crippen LogP contribution in [0.4, 0.5) is 15.8 Å². The minimum Gasteiger partial charge on any atom is -0.354 e. The summed E-state index contributed by atoms with van der Waals surface area (Å²) < 4.78 is 14.2. The second-order valence-corrected chi connectivity index (χ2v) is 4.66. The van der Waals surface area contributed by atoms with E-state index in [-0.39, 0.29) is 5.56 Å². The van der Waals surface area contributed by atoms with E-state index >= 15 is 0 Å². The van der Waals surface area contributed by atoms with Crippen LogP contribution in [0, 0.1) is 28.5 Å². The van der Waals surface area contributed by atoms with Gasteiger partial charge in [-0.3, -0.25) is 0 Å². The lowest BCUT2D eigenvalue weighted by Crippen LogP contribution is -1.96. The smallest absolute Gasteiger partial charge is 0.143 e. The Labute approximate surface area is 118 Å². The van der Waals surface area contributed by atoms with E-state index in [2.05, 4.69) is 21.2 Å². The molecule has 0 radical (unpaired) electrons. The van der Waals surface area contributed by atoms with Gasteiger partial charge < -0.3 is 5.32 Å². The van der Waals surface area contributed by atoms with Gasteiger partial charge in [0.25, 0.3) is 0 Å². The van der Waals surface area contributed by atoms with E-state index in [0.717, 1.165) is 4.47 Å². The molecule has 3 nitrogen and oxygen atoms in total. The molecule has 0 fully saturated rings. The van der Waals surface area contributed by atoms with Crippen molar-refractivity contribution in [1.29, 1.82) is 10.5 Å². The highest BCUT2D eigenvalue weighted by Crippen LogP contribution is 2.25. The Balaban J connectivity index is 2.43. The second-order valence-electron chi connectivity index (χ2n) is 3.74. The van der Waals surface area contributed by atoms with Gasteiger partial charge in [0.05, 0.1) is 17.3 Å². The quantitative estimate of drug-likeness (QED) is 0.908. The van der Waals surface area contributed by atoms with Crippen molar-refractivity contribution in [2.75, 3.05) is 5.32 Å². The number of nitrogens with zero attached hydrogens (tertiary/aromatic N) is 2. The number of halogens is 2. The molecule has 0 unspecified atom stereocenters. The Bertz CT molecular complexity index is 714. The fourth-order valence-electron chi connectivity index (χ4n) is 1.62. The van der Waals surface area contributed by atoms with Crippen LogP contribution in [-0.2, 0) is 0 Å². The van der Waals surface area contributed by atoms with Crippen LogP contribution >= 0.6 is 15.9 Å². The molecule has 0 aliphatic heterocycles. The SMILES string of the molecule is N#Cc1cc(Br)cc(Nc2cccc(F)c2C#N)c1. The minimum atomic E-state index is -0.581. The molecule has 0 aromatic heterocycles. The van der Waals surface area contributed by atoms with Gasteiger partial charge >= 0.3 is 0 Å². The molecule has 0 saturated heterocycles. The van der Waals surface area contributed by atoms with Gasteiger partial charge in [-0.1, -0.05) is 22.0 Å². The number of nitrogens with one attached hydrogen (secondary N) is 1. The molecule has 19 heavy (non-hydrogen) atoms. The number of hydrogen-bond acceptors (Lipinski definition) is 3. The van der Waals surface area contributed by atoms with Gasteiger partial charge in [-0.15, -0.1) is 0 Å². The van der Waals surface area contributed by atoms with Gasteiger partial charge in [0.15, 0.2) is 0 Å². The summed E-state index contributed by atoms with van der Waals surface area (Å²) in [5.74, 6) is -0.581. The van der Waals surface area contributed by atoms with Crippen LogP contribution in [0.5, 0.6) is 0 Å². The fourth-order valence-corrected chi connectivity index (χ4v) is 2.12. The topological polar surface area (TPSA) is 59.6 Å². The Kier molecular flexibility index (Phi) is 3.79. The molecule has 5 heteroatoms. The van der Waals surface area contributed by atoms with E-state index < -0.39 is 5.82 Å². The molecule has 0 heterocycles. The zero-order chi connectivity index (χ0) is 13.8. The lowest BCUT2D eigenvalue weighted by atomic mass is 10.1. The summed E-state index contributed by atoms with van der Waals surface area (Å²) >= 11 is 3.29. The summed E-state index contributed by atoms with van der Waals surface area (Å²) in [7, 11) is 0. The maximum absolute atomic E-state index is 13.5. The van der Waals surface area contributed by atoms with Crippen molar-refractivity contribution in [3.8, 4) is 12.1 Å². The number of anilines is 2. The van der Waals surface area contributed by atoms with Crippen molar-refractivity contribution in [3.05, 3.63) is 57.8 Å². The molecule has 2 aromatic carbocycles. The third-order valence-electron chi connectivity index (χ3n) is 2.43. The van der Waals surface area contributed by atoms with Gasteiger partial charge in [-0.25, -0.2) is 4.39 Å². The predicted molar refractivity (Wildman–Crippen MR) is 73.3 cm³/mol. The second kappa shape index (κ2) is 5.51. The van der Waals surface area contributed by atoms with E-state index in [1.54, 1.807) is 24.3 Å². The van der Waals surface area contributed by atoms with Gasteiger partial charge in [0.1, 0.15) is 17.4 Å². The first-order valence-electron chi connectivity index (χ1n) is 5.30. The summed E-state index contributed by atoms with van der Waals surface area (Å²) in [4.78, 5) is 0. The van der Waals surface area contributed by atoms with Crippen molar-refractivity contribution < 1.29 is 4.39 Å². The van der Waals surface area contributed by atoms with E-state index in [0.29, 0.717) is 16.9 Å². The van der Waals surface area contributed by atoms with Crippen LogP contribution in [0.2, 0.25) is 0 Å². The number of nitriles is 2. The van der Waals surface area contributed by atoms with Crippen molar-refractivity contribution in [2.45, 2.75) is 0 Å². The first-order chi connectivity index (χ1) is 9.13. The van der Waals surface area contributed by atoms with Gasteiger partial charge in [0, 0.05) is 10.2 Å². The molecule has 0 aliphatic rings. The van der Waals surface area contributed by atoms with E-state index in [9.17, 15) is 4.39 Å². The van der Waals surface area contributed by atoms with E-state index in [4.69, 9.17) is 10.5 Å². The van der Waals surface area contributed by atoms with E-state index in [1.807, 2.05) is 12.1 Å². The van der Waals surface area contributed by atoms with Crippen LogP contribution in [0.25, 0.3) is 0 Å². The Morgan fingerprint density at radius 2 is 1.89 bits per heavy atom. The molecule has 0 bridgehead atoms. The maximum Gasteiger partial charge on any atom is 0.143 e. The number of benzene rings is 2. The largest absolute Gasteiger partial charge is 0.354 e. The minimum absolute atomic E-state index is 0.0546. The molecular weight excluding hydrogens is 309 g/mol. The van der Waals surface area contributed by atoms with Crippen molar-refractivity contribution in [2.24, 2.45) is 0 Å². The Morgan fingerprint density at radius 3 is 2.58 bits per heavy atom. The Morgan fingerprint density at radius 1 is 1.11 bits per heavy atom. The standard InChI is InChI=1S/C14H7BrFN3/c15-10-4-9(7-17)5-11(6-10)19-14-3-1-2-13(16)12(14)8-18/h1-6,19H. The van der Waals surface area contributed by atoms with Crippen LogP contribution in [0.15, 0.2) is 40.9 Å². The number of hydrogen-bond donors (Lipinski definition) is 1. The Hall–Kier alpha value is -2.37. The van der Waals surface area contributed by atoms with E-state index in [1.165, 1.54) is 12.1 Å². The number of rotatable bonds is 2. The summed E-state index contributed by atoms with van der Waals surface area (Å²) in [6.45, 7) is 0. The highest BCUT2D eigenvalue weighted by Gasteiger charge is 2.08. The van der Waals surface area contributed by atoms with Crippen LogP contribution < -0.4 is 5.32 Å². The molecule has 0 spiro atoms. The molecule has 1 N–H and O–H groups in total. The first-order valence-corrected chi connectivity index (χ1v) is 6.09.